The number of thiophene rings is 1. The minimum Gasteiger partial charge on any atom is -0.480 e. The van der Waals surface area contributed by atoms with Crippen molar-refractivity contribution in [2.75, 3.05) is 13.7 Å². The van der Waals surface area contributed by atoms with Crippen molar-refractivity contribution in [3.8, 4) is 10.6 Å². The van der Waals surface area contributed by atoms with E-state index in [0.717, 1.165) is 6.07 Å². The van der Waals surface area contributed by atoms with Crippen molar-refractivity contribution < 1.29 is 50.3 Å². The van der Waals surface area contributed by atoms with E-state index >= 15 is 0 Å². The maximum Gasteiger partial charge on any atom is 0.452 e. The highest BCUT2D eigenvalue weighted by Gasteiger charge is 2.80. The first-order valence-corrected chi connectivity index (χ1v) is 14.6. The largest absolute Gasteiger partial charge is 0.480 e. The molecule has 3 heterocycles. The number of aliphatic carboxylic acids is 1. The molecule has 0 spiro atoms. The number of carbonyl (C=O) groups is 2. The number of rotatable bonds is 9. The maximum atomic E-state index is 13.6. The van der Waals surface area contributed by atoms with Gasteiger partial charge in [-0.15, -0.1) is 11.3 Å². The standard InChI is InChI=1S/C25H24F3N3O8S2/c1-29-22(34)38-20(16-8-5-11-37-16)23(14-6-3-2-4-7-14)13-24(23,21(32)33)31-41(35,36)19-10-9-17(40-19)15-12-18(39-30-15)25(26,27)28/h2-4,6-7,9-10,12,16,20,31H,5,8,11,13H2,1H3,(H,29,34)(H,32,33)/t16?,20-,23-,24-/m0/s1. The van der Waals surface area contributed by atoms with E-state index < -0.39 is 57.2 Å². The molecule has 5 rings (SSSR count). The zero-order valence-corrected chi connectivity index (χ0v) is 22.9. The summed E-state index contributed by atoms with van der Waals surface area (Å²) in [5.74, 6) is -2.85. The van der Waals surface area contributed by atoms with E-state index in [0.29, 0.717) is 42.4 Å². The Morgan fingerprint density at radius 2 is 1.95 bits per heavy atom. The molecule has 1 amide bonds. The Balaban J connectivity index is 1.54. The minimum absolute atomic E-state index is 0.0549. The lowest BCUT2D eigenvalue weighted by Crippen LogP contribution is -2.55. The summed E-state index contributed by atoms with van der Waals surface area (Å²) in [4.78, 5) is 25.4. The maximum absolute atomic E-state index is 13.6. The first-order valence-electron chi connectivity index (χ1n) is 12.3. The third-order valence-electron chi connectivity index (χ3n) is 7.26. The fraction of sp³-hybridized carbons (Fsp3) is 0.400. The molecular formula is C25H24F3N3O8S2. The molecule has 3 N–H and O–H groups in total. The van der Waals surface area contributed by atoms with Crippen LogP contribution in [0.2, 0.25) is 0 Å². The smallest absolute Gasteiger partial charge is 0.452 e. The second-order valence-electron chi connectivity index (χ2n) is 9.65. The summed E-state index contributed by atoms with van der Waals surface area (Å²) in [6.07, 6.45) is -6.70. The number of halogens is 3. The molecule has 3 aromatic rings. The van der Waals surface area contributed by atoms with E-state index in [-0.39, 0.29) is 21.2 Å². The Labute approximate surface area is 235 Å². The lowest BCUT2D eigenvalue weighted by molar-refractivity contribution is -0.155. The number of alkyl carbamates (subject to hydrolysis) is 1. The van der Waals surface area contributed by atoms with Gasteiger partial charge in [0.15, 0.2) is 0 Å². The molecule has 1 saturated carbocycles. The number of hydrogen-bond donors (Lipinski definition) is 3. The van der Waals surface area contributed by atoms with Crippen LogP contribution < -0.4 is 10.0 Å². The predicted molar refractivity (Wildman–Crippen MR) is 137 cm³/mol. The number of ether oxygens (including phenoxy) is 2. The molecule has 1 unspecified atom stereocenters. The SMILES string of the molecule is CNC(=O)O[C@@H](C1CCCO1)[C@@]1(c2ccccc2)C[C@]1(NS(=O)(=O)c1ccc(-c2cc(C(F)(F)F)on2)s1)C(=O)O. The molecule has 1 aliphatic heterocycles. The lowest BCUT2D eigenvalue weighted by Gasteiger charge is -2.34. The number of sulfonamides is 1. The third kappa shape index (κ3) is 5.09. The molecule has 41 heavy (non-hydrogen) atoms. The van der Waals surface area contributed by atoms with Crippen molar-refractivity contribution in [3.63, 3.8) is 0 Å². The molecule has 0 radical (unpaired) electrons. The molecule has 1 aliphatic carbocycles. The zero-order valence-electron chi connectivity index (χ0n) is 21.3. The van der Waals surface area contributed by atoms with Crippen LogP contribution in [0.5, 0.6) is 0 Å². The van der Waals surface area contributed by atoms with Crippen LogP contribution in [-0.2, 0) is 35.9 Å². The Kier molecular flexibility index (Phi) is 7.38. The fourth-order valence-corrected chi connectivity index (χ4v) is 7.99. The summed E-state index contributed by atoms with van der Waals surface area (Å²) < 4.78 is 83.8. The number of amides is 1. The van der Waals surface area contributed by atoms with Crippen molar-refractivity contribution in [1.29, 1.82) is 0 Å². The molecule has 2 aromatic heterocycles. The van der Waals surface area contributed by atoms with E-state index in [1.165, 1.54) is 13.1 Å². The van der Waals surface area contributed by atoms with Gasteiger partial charge in [0, 0.05) is 19.7 Å². The van der Waals surface area contributed by atoms with Crippen LogP contribution in [-0.4, -0.2) is 62.1 Å². The Bertz CT molecular complexity index is 1550. The number of alkyl halides is 3. The van der Waals surface area contributed by atoms with E-state index in [2.05, 4.69) is 19.7 Å². The number of nitrogens with zero attached hydrogens (tertiary/aromatic N) is 1. The van der Waals surface area contributed by atoms with Crippen molar-refractivity contribution >= 4 is 33.4 Å². The minimum atomic E-state index is -4.78. The molecule has 1 aromatic carbocycles. The van der Waals surface area contributed by atoms with Gasteiger partial charge in [-0.05, 0) is 37.0 Å². The summed E-state index contributed by atoms with van der Waals surface area (Å²) in [5.41, 5.74) is -3.52. The van der Waals surface area contributed by atoms with Gasteiger partial charge in [-0.25, -0.2) is 13.2 Å². The number of aromatic nitrogens is 1. The second kappa shape index (κ2) is 10.4. The number of benzene rings is 1. The van der Waals surface area contributed by atoms with Crippen LogP contribution in [0.3, 0.4) is 0 Å². The first kappa shape index (κ1) is 29.0. The normalized spacial score (nSPS) is 25.0. The average Bonchev–Trinajstić information content (AvgIpc) is 3.49. The van der Waals surface area contributed by atoms with E-state index in [1.54, 1.807) is 30.3 Å². The van der Waals surface area contributed by atoms with E-state index in [1.807, 2.05) is 0 Å². The van der Waals surface area contributed by atoms with E-state index in [4.69, 9.17) is 9.47 Å². The molecule has 2 fully saturated rings. The monoisotopic (exact) mass is 615 g/mol. The van der Waals surface area contributed by atoms with Crippen molar-refractivity contribution in [1.82, 2.24) is 15.2 Å². The molecule has 2 aliphatic rings. The number of carbonyl (C=O) groups excluding carboxylic acids is 1. The Morgan fingerprint density at radius 3 is 2.54 bits per heavy atom. The Morgan fingerprint density at radius 1 is 1.22 bits per heavy atom. The highest BCUT2D eigenvalue weighted by molar-refractivity contribution is 7.91. The average molecular weight is 616 g/mol. The second-order valence-corrected chi connectivity index (χ2v) is 12.6. The lowest BCUT2D eigenvalue weighted by atomic mass is 9.82. The summed E-state index contributed by atoms with van der Waals surface area (Å²) >= 11 is 0.588. The molecule has 11 nitrogen and oxygen atoms in total. The van der Waals surface area contributed by atoms with E-state index in [9.17, 15) is 36.3 Å². The van der Waals surface area contributed by atoms with Gasteiger partial charge in [0.25, 0.3) is 10.0 Å². The van der Waals surface area contributed by atoms with Gasteiger partial charge >= 0.3 is 18.2 Å². The molecule has 16 heteroatoms. The number of carboxylic acid groups (broad SMARTS) is 1. The third-order valence-corrected chi connectivity index (χ3v) is 10.4. The van der Waals surface area contributed by atoms with Crippen LogP contribution in [0.4, 0.5) is 18.0 Å². The van der Waals surface area contributed by atoms with Crippen molar-refractivity contribution in [2.24, 2.45) is 0 Å². The topological polar surface area (TPSA) is 157 Å². The number of hydrogen-bond acceptors (Lipinski definition) is 9. The summed E-state index contributed by atoms with van der Waals surface area (Å²) in [6, 6.07) is 11.3. The highest BCUT2D eigenvalue weighted by atomic mass is 32.2. The van der Waals surface area contributed by atoms with Gasteiger partial charge < -0.3 is 24.4 Å². The number of nitrogens with one attached hydrogen (secondary N) is 2. The molecule has 220 valence electrons. The summed E-state index contributed by atoms with van der Waals surface area (Å²) in [7, 11) is -3.23. The van der Waals surface area contributed by atoms with Gasteiger partial charge in [-0.1, -0.05) is 35.5 Å². The molecule has 4 atom stereocenters. The zero-order chi connectivity index (χ0) is 29.6. The van der Waals surface area contributed by atoms with Crippen molar-refractivity contribution in [2.45, 2.75) is 52.8 Å². The molecule has 0 bridgehead atoms. The molecular weight excluding hydrogens is 591 g/mol. The highest BCUT2D eigenvalue weighted by Crippen LogP contribution is 2.63. The molecule has 1 saturated heterocycles. The van der Waals surface area contributed by atoms with Gasteiger partial charge in [0.1, 0.15) is 21.5 Å². The van der Waals surface area contributed by atoms with Gasteiger partial charge in [-0.2, -0.15) is 17.9 Å². The van der Waals surface area contributed by atoms with Crippen LogP contribution in [0, 0.1) is 0 Å². The quantitative estimate of drug-likeness (QED) is 0.326. The fourth-order valence-electron chi connectivity index (χ4n) is 5.32. The van der Waals surface area contributed by atoms with Gasteiger partial charge in [-0.3, -0.25) is 4.79 Å². The summed E-state index contributed by atoms with van der Waals surface area (Å²) in [5, 5.41) is 16.2. The Hall–Kier alpha value is -3.47. The number of carboxylic acids is 1. The van der Waals surface area contributed by atoms with Crippen LogP contribution in [0.25, 0.3) is 10.6 Å². The predicted octanol–water partition coefficient (Wildman–Crippen LogP) is 3.77. The van der Waals surface area contributed by atoms with Crippen LogP contribution in [0.1, 0.15) is 30.6 Å². The van der Waals surface area contributed by atoms with Crippen LogP contribution >= 0.6 is 11.3 Å². The summed E-state index contributed by atoms with van der Waals surface area (Å²) in [6.45, 7) is 0.352. The first-order chi connectivity index (χ1) is 19.3. The van der Waals surface area contributed by atoms with Crippen molar-refractivity contribution in [3.05, 3.63) is 59.9 Å². The van der Waals surface area contributed by atoms with Crippen LogP contribution in [0.15, 0.2) is 57.3 Å². The van der Waals surface area contributed by atoms with Gasteiger partial charge in [0.05, 0.1) is 16.4 Å². The van der Waals surface area contributed by atoms with Gasteiger partial charge in [0.2, 0.25) is 5.76 Å².